The number of rotatable bonds is 6. The van der Waals surface area contributed by atoms with Crippen molar-refractivity contribution in [2.45, 2.75) is 42.8 Å². The van der Waals surface area contributed by atoms with E-state index in [9.17, 15) is 8.42 Å². The summed E-state index contributed by atoms with van der Waals surface area (Å²) in [5, 5.41) is 3.42. The highest BCUT2D eigenvalue weighted by atomic mass is 32.2. The predicted octanol–water partition coefficient (Wildman–Crippen LogP) is 0.921. The molecule has 2 fully saturated rings. The highest BCUT2D eigenvalue weighted by Crippen LogP contribution is 2.20. The molecule has 1 saturated heterocycles. The summed E-state index contributed by atoms with van der Waals surface area (Å²) in [4.78, 5) is 2.49. The van der Waals surface area contributed by atoms with Crippen molar-refractivity contribution in [3.8, 4) is 0 Å². The first-order chi connectivity index (χ1) is 10.0. The van der Waals surface area contributed by atoms with E-state index in [0.717, 1.165) is 31.6 Å². The van der Waals surface area contributed by atoms with Gasteiger partial charge in [0, 0.05) is 25.2 Å². The van der Waals surface area contributed by atoms with Crippen LogP contribution in [0.25, 0.3) is 0 Å². The molecular formula is C15H23N3O2S. The second-order valence-corrected chi connectivity index (χ2v) is 7.88. The van der Waals surface area contributed by atoms with Gasteiger partial charge >= 0.3 is 0 Å². The summed E-state index contributed by atoms with van der Waals surface area (Å²) in [6.07, 6.45) is 3.39. The zero-order valence-corrected chi connectivity index (χ0v) is 13.2. The van der Waals surface area contributed by atoms with Crippen LogP contribution in [-0.4, -0.2) is 45.5 Å². The van der Waals surface area contributed by atoms with Crippen LogP contribution in [0.2, 0.25) is 0 Å². The van der Waals surface area contributed by atoms with Crippen LogP contribution < -0.4 is 10.0 Å². The second-order valence-electron chi connectivity index (χ2n) is 6.17. The Morgan fingerprint density at radius 2 is 1.86 bits per heavy atom. The molecule has 1 unspecified atom stereocenters. The first-order valence-electron chi connectivity index (χ1n) is 7.56. The summed E-state index contributed by atoms with van der Waals surface area (Å²) in [7, 11) is -1.39. The Morgan fingerprint density at radius 3 is 2.43 bits per heavy atom. The molecular weight excluding hydrogens is 286 g/mol. The molecule has 1 aliphatic carbocycles. The Kier molecular flexibility index (Phi) is 4.31. The zero-order valence-electron chi connectivity index (χ0n) is 12.4. The van der Waals surface area contributed by atoms with Gasteiger partial charge in [-0.15, -0.1) is 0 Å². The van der Waals surface area contributed by atoms with Crippen LogP contribution >= 0.6 is 0 Å². The van der Waals surface area contributed by atoms with Crippen molar-refractivity contribution in [1.82, 2.24) is 14.9 Å². The standard InChI is InChI=1S/C15H23N3O2S/c1-18-9-8-14(11-18)17-21(19,20)15-6-2-12(3-7-15)10-16-13-4-5-13/h2-3,6-7,13-14,16-17H,4-5,8-11H2,1H3. The average molecular weight is 309 g/mol. The van der Waals surface area contributed by atoms with Crippen molar-refractivity contribution in [3.63, 3.8) is 0 Å². The molecule has 2 aliphatic rings. The molecule has 0 spiro atoms. The number of likely N-dealkylation sites (N-methyl/N-ethyl adjacent to an activating group) is 1. The lowest BCUT2D eigenvalue weighted by atomic mass is 10.2. The lowest BCUT2D eigenvalue weighted by Crippen LogP contribution is -2.36. The third-order valence-corrected chi connectivity index (χ3v) is 5.66. The van der Waals surface area contributed by atoms with E-state index in [2.05, 4.69) is 14.9 Å². The molecule has 0 aromatic heterocycles. The molecule has 116 valence electrons. The largest absolute Gasteiger partial charge is 0.310 e. The number of likely N-dealkylation sites (tertiary alicyclic amines) is 1. The van der Waals surface area contributed by atoms with Gasteiger partial charge in [0.15, 0.2) is 0 Å². The Morgan fingerprint density at radius 1 is 1.14 bits per heavy atom. The summed E-state index contributed by atoms with van der Waals surface area (Å²) in [5.41, 5.74) is 1.13. The van der Waals surface area contributed by atoms with Gasteiger partial charge in [0.1, 0.15) is 0 Å². The maximum Gasteiger partial charge on any atom is 0.240 e. The number of hydrogen-bond donors (Lipinski definition) is 2. The highest BCUT2D eigenvalue weighted by Gasteiger charge is 2.25. The molecule has 0 radical (unpaired) electrons. The fraction of sp³-hybridized carbons (Fsp3) is 0.600. The number of nitrogens with zero attached hydrogens (tertiary/aromatic N) is 1. The average Bonchev–Trinajstić information content (AvgIpc) is 3.20. The first-order valence-corrected chi connectivity index (χ1v) is 9.04. The molecule has 1 heterocycles. The van der Waals surface area contributed by atoms with Gasteiger partial charge in [-0.25, -0.2) is 13.1 Å². The SMILES string of the molecule is CN1CCC(NS(=O)(=O)c2ccc(CNC3CC3)cc2)C1. The zero-order chi connectivity index (χ0) is 14.9. The number of sulfonamides is 1. The molecule has 1 saturated carbocycles. The van der Waals surface area contributed by atoms with Gasteiger partial charge in [-0.05, 0) is 50.6 Å². The molecule has 2 N–H and O–H groups in total. The fourth-order valence-electron chi connectivity index (χ4n) is 2.65. The van der Waals surface area contributed by atoms with E-state index in [1.807, 2.05) is 19.2 Å². The molecule has 1 aromatic carbocycles. The molecule has 1 aromatic rings. The summed E-state index contributed by atoms with van der Waals surface area (Å²) in [6, 6.07) is 7.87. The van der Waals surface area contributed by atoms with Gasteiger partial charge < -0.3 is 10.2 Å². The van der Waals surface area contributed by atoms with Gasteiger partial charge in [-0.3, -0.25) is 0 Å². The summed E-state index contributed by atoms with van der Waals surface area (Å²) < 4.78 is 27.5. The van der Waals surface area contributed by atoms with E-state index in [1.165, 1.54) is 12.8 Å². The summed E-state index contributed by atoms with van der Waals surface area (Å²) in [6.45, 7) is 2.54. The minimum absolute atomic E-state index is 0.0243. The molecule has 21 heavy (non-hydrogen) atoms. The van der Waals surface area contributed by atoms with Crippen LogP contribution in [0.1, 0.15) is 24.8 Å². The van der Waals surface area contributed by atoms with Crippen molar-refractivity contribution in [1.29, 1.82) is 0 Å². The first kappa shape index (κ1) is 15.0. The number of hydrogen-bond acceptors (Lipinski definition) is 4. The number of benzene rings is 1. The highest BCUT2D eigenvalue weighted by molar-refractivity contribution is 7.89. The van der Waals surface area contributed by atoms with E-state index in [-0.39, 0.29) is 6.04 Å². The molecule has 0 bridgehead atoms. The van der Waals surface area contributed by atoms with Gasteiger partial charge in [-0.2, -0.15) is 0 Å². The molecule has 3 rings (SSSR count). The van der Waals surface area contributed by atoms with Crippen molar-refractivity contribution < 1.29 is 8.42 Å². The Balaban J connectivity index is 1.61. The van der Waals surface area contributed by atoms with Crippen LogP contribution in [0, 0.1) is 0 Å². The minimum atomic E-state index is -3.40. The maximum atomic E-state index is 12.3. The van der Waals surface area contributed by atoms with Gasteiger partial charge in [0.05, 0.1) is 4.90 Å². The molecule has 0 amide bonds. The number of nitrogens with one attached hydrogen (secondary N) is 2. The van der Waals surface area contributed by atoms with E-state index < -0.39 is 10.0 Å². The van der Waals surface area contributed by atoms with Crippen LogP contribution in [0.3, 0.4) is 0 Å². The van der Waals surface area contributed by atoms with Gasteiger partial charge in [0.25, 0.3) is 0 Å². The third-order valence-electron chi connectivity index (χ3n) is 4.12. The van der Waals surface area contributed by atoms with Crippen LogP contribution in [0.4, 0.5) is 0 Å². The topological polar surface area (TPSA) is 61.4 Å². The normalized spacial score (nSPS) is 23.6. The maximum absolute atomic E-state index is 12.3. The molecule has 5 nitrogen and oxygen atoms in total. The van der Waals surface area contributed by atoms with Gasteiger partial charge in [0.2, 0.25) is 10.0 Å². The monoisotopic (exact) mass is 309 g/mol. The fourth-order valence-corrected chi connectivity index (χ4v) is 3.92. The summed E-state index contributed by atoms with van der Waals surface area (Å²) in [5.74, 6) is 0. The Hall–Kier alpha value is -0.950. The molecule has 6 heteroatoms. The summed E-state index contributed by atoms with van der Waals surface area (Å²) >= 11 is 0. The quantitative estimate of drug-likeness (QED) is 0.820. The van der Waals surface area contributed by atoms with Gasteiger partial charge in [-0.1, -0.05) is 12.1 Å². The smallest absolute Gasteiger partial charge is 0.240 e. The van der Waals surface area contributed by atoms with Crippen molar-refractivity contribution in [3.05, 3.63) is 29.8 Å². The van der Waals surface area contributed by atoms with E-state index in [1.54, 1.807) is 12.1 Å². The lowest BCUT2D eigenvalue weighted by Gasteiger charge is -2.13. The third kappa shape index (κ3) is 4.03. The van der Waals surface area contributed by atoms with Crippen molar-refractivity contribution in [2.24, 2.45) is 0 Å². The Bertz CT molecular complexity index is 581. The second kappa shape index (κ2) is 6.04. The van der Waals surface area contributed by atoms with Crippen molar-refractivity contribution in [2.75, 3.05) is 20.1 Å². The minimum Gasteiger partial charge on any atom is -0.310 e. The van der Waals surface area contributed by atoms with Crippen molar-refractivity contribution >= 4 is 10.0 Å². The van der Waals surface area contributed by atoms with Crippen LogP contribution in [-0.2, 0) is 16.6 Å². The van der Waals surface area contributed by atoms with E-state index >= 15 is 0 Å². The van der Waals surface area contributed by atoms with E-state index in [4.69, 9.17) is 0 Å². The molecule has 1 aliphatic heterocycles. The van der Waals surface area contributed by atoms with Crippen LogP contribution in [0.15, 0.2) is 29.2 Å². The van der Waals surface area contributed by atoms with E-state index in [0.29, 0.717) is 10.9 Å². The van der Waals surface area contributed by atoms with Crippen LogP contribution in [0.5, 0.6) is 0 Å². The molecule has 1 atom stereocenters. The lowest BCUT2D eigenvalue weighted by molar-refractivity contribution is 0.407. The Labute approximate surface area is 126 Å². The predicted molar refractivity (Wildman–Crippen MR) is 82.5 cm³/mol.